The van der Waals surface area contributed by atoms with Gasteiger partial charge in [-0.1, -0.05) is 27.2 Å². The molecule has 0 aliphatic heterocycles. The highest BCUT2D eigenvalue weighted by molar-refractivity contribution is 7.92. The van der Waals surface area contributed by atoms with Crippen molar-refractivity contribution in [1.82, 2.24) is 5.32 Å². The molecule has 2 unspecified atom stereocenters. The van der Waals surface area contributed by atoms with Gasteiger partial charge >= 0.3 is 0 Å². The van der Waals surface area contributed by atoms with Crippen molar-refractivity contribution in [2.24, 2.45) is 5.92 Å². The molecule has 0 bridgehead atoms. The van der Waals surface area contributed by atoms with Gasteiger partial charge in [0.25, 0.3) is 0 Å². The minimum absolute atomic E-state index is 0.277. The van der Waals surface area contributed by atoms with Crippen molar-refractivity contribution in [1.29, 1.82) is 0 Å². The van der Waals surface area contributed by atoms with E-state index in [0.717, 1.165) is 19.3 Å². The van der Waals surface area contributed by atoms with Crippen LogP contribution in [0.1, 0.15) is 40.0 Å². The zero-order valence-electron chi connectivity index (χ0n) is 10.2. The van der Waals surface area contributed by atoms with Crippen LogP contribution in [0.4, 0.5) is 0 Å². The first-order valence-corrected chi connectivity index (χ1v) is 7.62. The summed E-state index contributed by atoms with van der Waals surface area (Å²) < 4.78 is 23.4. The number of hydrogen-bond acceptors (Lipinski definition) is 3. The molecule has 0 aromatic heterocycles. The highest BCUT2D eigenvalue weighted by Crippen LogP contribution is 2.40. The van der Waals surface area contributed by atoms with Crippen LogP contribution in [-0.2, 0) is 9.84 Å². The lowest BCUT2D eigenvalue weighted by atomic mass is 9.96. The molecule has 4 heteroatoms. The molecule has 0 amide bonds. The van der Waals surface area contributed by atoms with Crippen molar-refractivity contribution < 1.29 is 8.42 Å². The van der Waals surface area contributed by atoms with Gasteiger partial charge in [-0.3, -0.25) is 0 Å². The molecule has 0 spiro atoms. The Balaban J connectivity index is 2.88. The molecule has 15 heavy (non-hydrogen) atoms. The summed E-state index contributed by atoms with van der Waals surface area (Å²) in [4.78, 5) is 0. The topological polar surface area (TPSA) is 46.2 Å². The van der Waals surface area contributed by atoms with Crippen molar-refractivity contribution >= 4 is 9.84 Å². The summed E-state index contributed by atoms with van der Waals surface area (Å²) in [6.07, 6.45) is 4.27. The first-order chi connectivity index (χ1) is 6.79. The normalized spacial score (nSPS) is 32.5. The lowest BCUT2D eigenvalue weighted by molar-refractivity contribution is 0.391. The van der Waals surface area contributed by atoms with Gasteiger partial charge in [-0.2, -0.15) is 0 Å². The molecule has 1 fully saturated rings. The molecule has 0 radical (unpaired) electrons. The molecular formula is C11H23NO2S. The molecule has 1 rings (SSSR count). The lowest BCUT2D eigenvalue weighted by Crippen LogP contribution is -2.50. The number of hydrogen-bond donors (Lipinski definition) is 1. The highest BCUT2D eigenvalue weighted by atomic mass is 32.2. The van der Waals surface area contributed by atoms with Crippen LogP contribution in [-0.4, -0.2) is 32.0 Å². The van der Waals surface area contributed by atoms with Crippen LogP contribution in [0.15, 0.2) is 0 Å². The third-order valence-electron chi connectivity index (χ3n) is 3.68. The predicted octanol–water partition coefficient (Wildman–Crippen LogP) is 1.59. The van der Waals surface area contributed by atoms with Crippen LogP contribution in [0.3, 0.4) is 0 Å². The Hall–Kier alpha value is -0.0900. The second kappa shape index (κ2) is 4.42. The summed E-state index contributed by atoms with van der Waals surface area (Å²) in [5.41, 5.74) is 0. The Morgan fingerprint density at radius 1 is 1.47 bits per heavy atom. The molecular weight excluding hydrogens is 210 g/mol. The summed E-state index contributed by atoms with van der Waals surface area (Å²) in [5.74, 6) is 0.277. The van der Waals surface area contributed by atoms with Gasteiger partial charge in [0.2, 0.25) is 0 Å². The van der Waals surface area contributed by atoms with Gasteiger partial charge in [-0.15, -0.1) is 0 Å². The van der Waals surface area contributed by atoms with E-state index in [1.54, 1.807) is 0 Å². The smallest absolute Gasteiger partial charge is 0.154 e. The maximum absolute atomic E-state index is 11.9. The van der Waals surface area contributed by atoms with E-state index in [9.17, 15) is 8.42 Å². The van der Waals surface area contributed by atoms with E-state index >= 15 is 0 Å². The van der Waals surface area contributed by atoms with E-state index in [1.807, 2.05) is 0 Å². The predicted molar refractivity (Wildman–Crippen MR) is 63.7 cm³/mol. The van der Waals surface area contributed by atoms with Gasteiger partial charge in [0.1, 0.15) is 0 Å². The second-order valence-electron chi connectivity index (χ2n) is 5.17. The van der Waals surface area contributed by atoms with Crippen molar-refractivity contribution in [2.45, 2.75) is 50.8 Å². The highest BCUT2D eigenvalue weighted by Gasteiger charge is 2.48. The van der Waals surface area contributed by atoms with Crippen molar-refractivity contribution in [2.75, 3.05) is 12.8 Å². The molecule has 1 saturated carbocycles. The Labute approximate surface area is 93.6 Å². The third kappa shape index (κ3) is 2.53. The molecule has 1 aliphatic rings. The summed E-state index contributed by atoms with van der Waals surface area (Å²) in [6.45, 7) is 6.77. The van der Waals surface area contributed by atoms with Crippen LogP contribution in [0.5, 0.6) is 0 Å². The van der Waals surface area contributed by atoms with E-state index in [4.69, 9.17) is 0 Å². The molecule has 0 heterocycles. The van der Waals surface area contributed by atoms with Crippen molar-refractivity contribution in [3.8, 4) is 0 Å². The molecule has 2 atom stereocenters. The van der Waals surface area contributed by atoms with Crippen LogP contribution in [0, 0.1) is 5.92 Å². The van der Waals surface area contributed by atoms with Gasteiger partial charge in [0.05, 0.1) is 4.75 Å². The van der Waals surface area contributed by atoms with E-state index in [2.05, 4.69) is 26.1 Å². The third-order valence-corrected chi connectivity index (χ3v) is 5.91. The summed E-state index contributed by atoms with van der Waals surface area (Å²) in [7, 11) is -2.97. The Morgan fingerprint density at radius 3 is 2.40 bits per heavy atom. The van der Waals surface area contributed by atoms with E-state index in [0.29, 0.717) is 12.6 Å². The average Bonchev–Trinajstić information content (AvgIpc) is 2.43. The van der Waals surface area contributed by atoms with E-state index in [1.165, 1.54) is 6.26 Å². The van der Waals surface area contributed by atoms with Crippen molar-refractivity contribution in [3.63, 3.8) is 0 Å². The Kier molecular flexibility index (Phi) is 3.82. The zero-order valence-corrected chi connectivity index (χ0v) is 11.0. The van der Waals surface area contributed by atoms with Gasteiger partial charge < -0.3 is 5.32 Å². The molecule has 1 N–H and O–H groups in total. The van der Waals surface area contributed by atoms with E-state index < -0.39 is 14.6 Å². The Bertz CT molecular complexity index is 311. The fraction of sp³-hybridized carbons (Fsp3) is 1.00. The van der Waals surface area contributed by atoms with Gasteiger partial charge in [-0.25, -0.2) is 8.42 Å². The fourth-order valence-electron chi connectivity index (χ4n) is 2.54. The summed E-state index contributed by atoms with van der Waals surface area (Å²) in [6, 6.07) is 0.344. The zero-order chi connectivity index (χ0) is 11.7. The maximum Gasteiger partial charge on any atom is 0.154 e. The minimum Gasteiger partial charge on any atom is -0.313 e. The summed E-state index contributed by atoms with van der Waals surface area (Å²) >= 11 is 0. The van der Waals surface area contributed by atoms with Crippen molar-refractivity contribution in [3.05, 3.63) is 0 Å². The van der Waals surface area contributed by atoms with Crippen LogP contribution in [0.2, 0.25) is 0 Å². The van der Waals surface area contributed by atoms with Crippen LogP contribution < -0.4 is 5.32 Å². The van der Waals surface area contributed by atoms with Crippen LogP contribution in [0.25, 0.3) is 0 Å². The monoisotopic (exact) mass is 233 g/mol. The quantitative estimate of drug-likeness (QED) is 0.802. The Morgan fingerprint density at radius 2 is 2.07 bits per heavy atom. The number of sulfone groups is 1. The molecule has 0 aromatic rings. The minimum atomic E-state index is -2.97. The maximum atomic E-state index is 11.9. The molecule has 1 aliphatic carbocycles. The van der Waals surface area contributed by atoms with Crippen LogP contribution >= 0.6 is 0 Å². The second-order valence-corrected chi connectivity index (χ2v) is 7.52. The first-order valence-electron chi connectivity index (χ1n) is 5.72. The number of nitrogens with one attached hydrogen (secondary N) is 1. The molecule has 3 nitrogen and oxygen atoms in total. The van der Waals surface area contributed by atoms with E-state index in [-0.39, 0.29) is 5.92 Å². The average molecular weight is 233 g/mol. The SMILES string of the molecule is CC(C)NCC1(S(C)(=O)=O)CCCC1C. The standard InChI is InChI=1S/C11H23NO2S/c1-9(2)12-8-11(15(4,13)14)7-5-6-10(11)3/h9-10,12H,5-8H2,1-4H3. The molecule has 0 aromatic carbocycles. The van der Waals surface area contributed by atoms with Gasteiger partial charge in [0.15, 0.2) is 9.84 Å². The molecule has 0 saturated heterocycles. The lowest BCUT2D eigenvalue weighted by Gasteiger charge is -2.33. The first kappa shape index (κ1) is 13.0. The molecule has 90 valence electrons. The number of rotatable bonds is 4. The fourth-order valence-corrected chi connectivity index (χ4v) is 4.25. The largest absolute Gasteiger partial charge is 0.313 e. The van der Waals surface area contributed by atoms with Gasteiger partial charge in [0, 0.05) is 18.8 Å². The summed E-state index contributed by atoms with van der Waals surface area (Å²) in [5, 5.41) is 3.29. The van der Waals surface area contributed by atoms with Gasteiger partial charge in [-0.05, 0) is 18.8 Å².